The van der Waals surface area contributed by atoms with Gasteiger partial charge in [-0.15, -0.1) is 0 Å². The van der Waals surface area contributed by atoms with Gasteiger partial charge in [0.2, 0.25) is 0 Å². The van der Waals surface area contributed by atoms with E-state index in [2.05, 4.69) is 5.32 Å². The predicted molar refractivity (Wildman–Crippen MR) is 110 cm³/mol. The third-order valence-corrected chi connectivity index (χ3v) is 5.25. The van der Waals surface area contributed by atoms with Crippen molar-refractivity contribution in [1.82, 2.24) is 0 Å². The van der Waals surface area contributed by atoms with Crippen LogP contribution in [0, 0.1) is 0 Å². The third-order valence-electron chi connectivity index (χ3n) is 5.25. The van der Waals surface area contributed by atoms with E-state index in [1.165, 1.54) is 31.2 Å². The Bertz CT molecular complexity index is 1220. The first-order chi connectivity index (χ1) is 14.3. The van der Waals surface area contributed by atoms with Crippen LogP contribution in [0.5, 0.6) is 0 Å². The van der Waals surface area contributed by atoms with E-state index < -0.39 is 23.1 Å². The van der Waals surface area contributed by atoms with Gasteiger partial charge in [0.05, 0.1) is 5.56 Å². The number of nitrogens with one attached hydrogen (secondary N) is 1. The number of aliphatic carboxylic acids is 1. The molecule has 0 fully saturated rings. The van der Waals surface area contributed by atoms with Gasteiger partial charge in [-0.25, -0.2) is 4.79 Å². The first-order valence-corrected chi connectivity index (χ1v) is 9.27. The fraction of sp³-hybridized carbons (Fsp3) is 0.0833. The predicted octanol–water partition coefficient (Wildman–Crippen LogP) is 3.60. The number of fused-ring (bicyclic) bond motifs is 2. The smallest absolute Gasteiger partial charge is 0.337 e. The van der Waals surface area contributed by atoms with E-state index in [4.69, 9.17) is 0 Å². The second kappa shape index (κ2) is 7.08. The Morgan fingerprint density at radius 3 is 1.97 bits per heavy atom. The fourth-order valence-corrected chi connectivity index (χ4v) is 3.60. The molecule has 0 saturated carbocycles. The van der Waals surface area contributed by atoms with Crippen molar-refractivity contribution in [3.8, 4) is 0 Å². The molecule has 0 spiro atoms. The molecule has 1 aliphatic carbocycles. The van der Waals surface area contributed by atoms with Gasteiger partial charge in [-0.2, -0.15) is 0 Å². The molecule has 2 N–H and O–H groups in total. The topological polar surface area (TPSA) is 101 Å². The molecule has 0 heterocycles. The van der Waals surface area contributed by atoms with Gasteiger partial charge >= 0.3 is 5.97 Å². The summed E-state index contributed by atoms with van der Waals surface area (Å²) in [6.45, 7) is 1.24. The van der Waals surface area contributed by atoms with E-state index in [1.54, 1.807) is 48.5 Å². The quantitative estimate of drug-likeness (QED) is 0.393. The van der Waals surface area contributed by atoms with E-state index in [0.29, 0.717) is 5.56 Å². The Kier molecular flexibility index (Phi) is 4.54. The maximum absolute atomic E-state index is 13.1. The van der Waals surface area contributed by atoms with Crippen LogP contribution in [-0.2, 0) is 4.79 Å². The molecule has 1 aliphatic rings. The van der Waals surface area contributed by atoms with Crippen LogP contribution in [0.4, 0.5) is 5.69 Å². The van der Waals surface area contributed by atoms with Gasteiger partial charge in [0.1, 0.15) is 0 Å². The number of carbonyl (C=O) groups excluding carboxylic acids is 3. The van der Waals surface area contributed by atoms with Crippen LogP contribution in [-0.4, -0.2) is 34.0 Å². The van der Waals surface area contributed by atoms with Crippen molar-refractivity contribution in [2.45, 2.75) is 12.5 Å². The van der Waals surface area contributed by atoms with Crippen molar-refractivity contribution in [2.24, 2.45) is 0 Å². The molecule has 1 unspecified atom stereocenters. The summed E-state index contributed by atoms with van der Waals surface area (Å²) in [7, 11) is 0. The molecule has 3 aromatic rings. The summed E-state index contributed by atoms with van der Waals surface area (Å²) >= 11 is 0. The van der Waals surface area contributed by atoms with E-state index in [9.17, 15) is 24.3 Å². The average molecular weight is 399 g/mol. The number of hydrogen-bond acceptors (Lipinski definition) is 5. The molecule has 0 saturated heterocycles. The molecule has 4 rings (SSSR count). The molecule has 1 atom stereocenters. The van der Waals surface area contributed by atoms with E-state index in [-0.39, 0.29) is 33.7 Å². The first kappa shape index (κ1) is 19.3. The van der Waals surface area contributed by atoms with Crippen molar-refractivity contribution in [3.63, 3.8) is 0 Å². The average Bonchev–Trinajstić information content (AvgIpc) is 2.77. The highest BCUT2D eigenvalue weighted by Crippen LogP contribution is 2.33. The highest BCUT2D eigenvalue weighted by atomic mass is 16.4. The second-order valence-corrected chi connectivity index (χ2v) is 7.18. The molecule has 148 valence electrons. The zero-order valence-electron chi connectivity index (χ0n) is 16.0. The summed E-state index contributed by atoms with van der Waals surface area (Å²) in [4.78, 5) is 51.2. The van der Waals surface area contributed by atoms with Gasteiger partial charge in [-0.1, -0.05) is 66.7 Å². The Morgan fingerprint density at radius 1 is 0.767 bits per heavy atom. The summed E-state index contributed by atoms with van der Waals surface area (Å²) < 4.78 is 0. The maximum atomic E-state index is 13.1. The van der Waals surface area contributed by atoms with Gasteiger partial charge < -0.3 is 10.4 Å². The molecular formula is C24H17NO5. The van der Waals surface area contributed by atoms with Gasteiger partial charge in [0, 0.05) is 27.9 Å². The number of carboxylic acids is 1. The van der Waals surface area contributed by atoms with Gasteiger partial charge in [-0.3, -0.25) is 14.4 Å². The molecular weight excluding hydrogens is 382 g/mol. The van der Waals surface area contributed by atoms with Crippen molar-refractivity contribution >= 4 is 29.0 Å². The lowest BCUT2D eigenvalue weighted by atomic mass is 9.82. The minimum Gasteiger partial charge on any atom is -0.479 e. The summed E-state index contributed by atoms with van der Waals surface area (Å²) in [5.41, 5.74) is -0.930. The summed E-state index contributed by atoms with van der Waals surface area (Å²) in [6.07, 6.45) is 0. The first-order valence-electron chi connectivity index (χ1n) is 9.27. The van der Waals surface area contributed by atoms with Crippen LogP contribution in [0.1, 0.15) is 49.1 Å². The van der Waals surface area contributed by atoms with Crippen LogP contribution in [0.25, 0.3) is 0 Å². The standard InChI is InChI=1S/C24H17NO5/c1-24(23(29)30,22(28)14-8-3-2-4-9-14)25-18-13-7-12-17-19(18)21(27)16-11-6-5-10-15(16)20(17)26/h2-13,25H,1H3,(H,29,30). The lowest BCUT2D eigenvalue weighted by molar-refractivity contribution is -0.139. The van der Waals surface area contributed by atoms with Gasteiger partial charge in [-0.05, 0) is 13.0 Å². The SMILES string of the molecule is CC(Nc1cccc2c1C(=O)c1ccccc1C2=O)(C(=O)O)C(=O)c1ccccc1. The number of benzene rings is 3. The van der Waals surface area contributed by atoms with Crippen molar-refractivity contribution < 1.29 is 24.3 Å². The van der Waals surface area contributed by atoms with Crippen LogP contribution in [0.3, 0.4) is 0 Å². The van der Waals surface area contributed by atoms with Crippen LogP contribution >= 0.6 is 0 Å². The lowest BCUT2D eigenvalue weighted by Gasteiger charge is -2.28. The number of anilines is 1. The Labute approximate surface area is 172 Å². The molecule has 0 aromatic heterocycles. The summed E-state index contributed by atoms with van der Waals surface area (Å²) in [5, 5.41) is 12.6. The van der Waals surface area contributed by atoms with Gasteiger partial charge in [0.25, 0.3) is 0 Å². The summed E-state index contributed by atoms with van der Waals surface area (Å²) in [5.74, 6) is -2.79. The van der Waals surface area contributed by atoms with Crippen LogP contribution < -0.4 is 5.32 Å². The molecule has 0 amide bonds. The molecule has 6 nitrogen and oxygen atoms in total. The van der Waals surface area contributed by atoms with E-state index in [1.807, 2.05) is 0 Å². The Morgan fingerprint density at radius 2 is 1.33 bits per heavy atom. The number of hydrogen-bond donors (Lipinski definition) is 2. The fourth-order valence-electron chi connectivity index (χ4n) is 3.60. The highest BCUT2D eigenvalue weighted by Gasteiger charge is 2.43. The molecule has 0 bridgehead atoms. The van der Waals surface area contributed by atoms with E-state index in [0.717, 1.165) is 0 Å². The zero-order chi connectivity index (χ0) is 21.5. The normalized spacial score (nSPS) is 14.3. The van der Waals surface area contributed by atoms with Gasteiger partial charge in [0.15, 0.2) is 22.9 Å². The number of rotatable bonds is 5. The Hall–Kier alpha value is -4.06. The molecule has 6 heteroatoms. The van der Waals surface area contributed by atoms with Crippen molar-refractivity contribution in [2.75, 3.05) is 5.32 Å². The largest absolute Gasteiger partial charge is 0.479 e. The van der Waals surface area contributed by atoms with Crippen LogP contribution in [0.2, 0.25) is 0 Å². The summed E-state index contributed by atoms with van der Waals surface area (Å²) in [6, 6.07) is 19.1. The lowest BCUT2D eigenvalue weighted by Crippen LogP contribution is -2.51. The third kappa shape index (κ3) is 2.90. The molecule has 0 radical (unpaired) electrons. The maximum Gasteiger partial charge on any atom is 0.337 e. The number of Topliss-reactive ketones (excluding diaryl/α,β-unsaturated/α-hetero) is 1. The number of ketones is 3. The minimum atomic E-state index is -2.04. The number of carboxylic acid groups (broad SMARTS) is 1. The minimum absolute atomic E-state index is 0.0644. The molecule has 0 aliphatic heterocycles. The highest BCUT2D eigenvalue weighted by molar-refractivity contribution is 6.30. The second-order valence-electron chi connectivity index (χ2n) is 7.18. The van der Waals surface area contributed by atoms with Crippen LogP contribution in [0.15, 0.2) is 72.8 Å². The van der Waals surface area contributed by atoms with Crippen molar-refractivity contribution in [1.29, 1.82) is 0 Å². The zero-order valence-corrected chi connectivity index (χ0v) is 16.0. The van der Waals surface area contributed by atoms with E-state index >= 15 is 0 Å². The Balaban J connectivity index is 1.82. The monoisotopic (exact) mass is 399 g/mol. The molecule has 30 heavy (non-hydrogen) atoms. The van der Waals surface area contributed by atoms with Crippen molar-refractivity contribution in [3.05, 3.63) is 101 Å². The number of carbonyl (C=O) groups is 4. The molecule has 3 aromatic carbocycles.